The Labute approximate surface area is 331 Å². The number of carbonyl (C=O) groups is 1. The molecule has 312 valence electrons. The number of rotatable bonds is 41. The van der Waals surface area contributed by atoms with Crippen molar-refractivity contribution < 1.29 is 19.0 Å². The van der Waals surface area contributed by atoms with Gasteiger partial charge in [0.25, 0.3) is 0 Å². The number of esters is 1. The molecule has 0 N–H and O–H groups in total. The topological polar surface area (TPSA) is 48.0 Å². The predicted molar refractivity (Wildman–Crippen MR) is 230 cm³/mol. The molecule has 0 aromatic heterocycles. The van der Waals surface area contributed by atoms with Crippen LogP contribution in [0.5, 0.6) is 0 Å². The van der Waals surface area contributed by atoms with Gasteiger partial charge < -0.3 is 19.1 Å². The molecule has 0 aromatic rings. The van der Waals surface area contributed by atoms with Gasteiger partial charge in [0.15, 0.2) is 0 Å². The maximum Gasteiger partial charge on any atom is 0.305 e. The van der Waals surface area contributed by atoms with E-state index in [1.165, 1.54) is 199 Å². The summed E-state index contributed by atoms with van der Waals surface area (Å²) >= 11 is 0. The Bertz CT molecular complexity index is 792. The van der Waals surface area contributed by atoms with Crippen LogP contribution < -0.4 is 0 Å². The van der Waals surface area contributed by atoms with Gasteiger partial charge in [0, 0.05) is 19.6 Å². The van der Waals surface area contributed by atoms with Gasteiger partial charge in [-0.2, -0.15) is 0 Å². The highest BCUT2D eigenvalue weighted by molar-refractivity contribution is 5.69. The fraction of sp³-hybridized carbons (Fsp3) is 0.896. The summed E-state index contributed by atoms with van der Waals surface area (Å²) in [6.45, 7) is 10.2. The number of carbonyl (C=O) groups excluding carboxylic acids is 1. The fourth-order valence-electron chi connectivity index (χ4n) is 7.30. The lowest BCUT2D eigenvalue weighted by atomic mass is 10.1. The minimum Gasteiger partial charge on any atom is -0.463 e. The predicted octanol–water partition coefficient (Wildman–Crippen LogP) is 14.3. The number of hydrogen-bond acceptors (Lipinski definition) is 5. The summed E-state index contributed by atoms with van der Waals surface area (Å²) in [7, 11) is 0. The molecule has 0 aliphatic carbocycles. The van der Waals surface area contributed by atoms with E-state index in [0.717, 1.165) is 39.0 Å². The second-order valence-electron chi connectivity index (χ2n) is 16.1. The minimum absolute atomic E-state index is 0.0961. The van der Waals surface area contributed by atoms with E-state index in [4.69, 9.17) is 14.2 Å². The molecule has 1 atom stereocenters. The van der Waals surface area contributed by atoms with Crippen molar-refractivity contribution in [3.05, 3.63) is 24.3 Å². The van der Waals surface area contributed by atoms with Crippen LogP contribution >= 0.6 is 0 Å². The summed E-state index contributed by atoms with van der Waals surface area (Å²) in [6, 6.07) is 0. The van der Waals surface area contributed by atoms with Crippen molar-refractivity contribution in [2.75, 3.05) is 46.1 Å². The Morgan fingerprint density at radius 3 is 1.43 bits per heavy atom. The molecule has 0 amide bonds. The smallest absolute Gasteiger partial charge is 0.305 e. The van der Waals surface area contributed by atoms with Crippen molar-refractivity contribution in [1.29, 1.82) is 0 Å². The number of allylic oxidation sites excluding steroid dienone is 4. The van der Waals surface area contributed by atoms with Crippen molar-refractivity contribution in [3.63, 3.8) is 0 Å². The highest BCUT2D eigenvalue weighted by Crippen LogP contribution is 2.13. The van der Waals surface area contributed by atoms with Crippen molar-refractivity contribution in [1.82, 2.24) is 4.90 Å². The minimum atomic E-state index is -0.168. The molecule has 1 aliphatic rings. The standard InChI is InChI=1S/C48H91NO4/c1-3-5-7-9-11-13-15-17-19-21-23-25-27-29-31-36-43-51-45-47(46-53-48(50)39-38-42-49-40-34-33-35-41-49)52-44-37-32-30-28-26-24-22-20-18-16-14-12-10-8-6-4-2/h17-20,47H,3-16,21-46H2,1-2H3/b19-17-,20-18-. The highest BCUT2D eigenvalue weighted by atomic mass is 16.6. The Balaban J connectivity index is 2.12. The average Bonchev–Trinajstić information content (AvgIpc) is 3.17. The summed E-state index contributed by atoms with van der Waals surface area (Å²) in [6.07, 6.45) is 51.4. The van der Waals surface area contributed by atoms with Crippen LogP contribution in [0.2, 0.25) is 0 Å². The molecule has 0 bridgehead atoms. The van der Waals surface area contributed by atoms with Crippen molar-refractivity contribution >= 4 is 5.97 Å². The first-order valence-corrected chi connectivity index (χ1v) is 23.6. The van der Waals surface area contributed by atoms with E-state index in [1.54, 1.807) is 0 Å². The third kappa shape index (κ3) is 37.5. The van der Waals surface area contributed by atoms with Crippen molar-refractivity contribution in [2.45, 2.75) is 232 Å². The maximum atomic E-state index is 12.5. The summed E-state index contributed by atoms with van der Waals surface area (Å²) in [5, 5.41) is 0. The first-order valence-electron chi connectivity index (χ1n) is 23.6. The largest absolute Gasteiger partial charge is 0.463 e. The van der Waals surface area contributed by atoms with Gasteiger partial charge >= 0.3 is 5.97 Å². The van der Waals surface area contributed by atoms with E-state index in [9.17, 15) is 4.79 Å². The van der Waals surface area contributed by atoms with Crippen molar-refractivity contribution in [2.24, 2.45) is 0 Å². The zero-order valence-corrected chi connectivity index (χ0v) is 35.8. The molecule has 1 unspecified atom stereocenters. The molecular formula is C48H91NO4. The molecular weight excluding hydrogens is 655 g/mol. The number of nitrogens with zero attached hydrogens (tertiary/aromatic N) is 1. The van der Waals surface area contributed by atoms with E-state index < -0.39 is 0 Å². The fourth-order valence-corrected chi connectivity index (χ4v) is 7.30. The lowest BCUT2D eigenvalue weighted by Crippen LogP contribution is -2.31. The Morgan fingerprint density at radius 2 is 0.943 bits per heavy atom. The van der Waals surface area contributed by atoms with Gasteiger partial charge in [-0.05, 0) is 103 Å². The van der Waals surface area contributed by atoms with Crippen LogP contribution in [0.4, 0.5) is 0 Å². The molecule has 1 heterocycles. The van der Waals surface area contributed by atoms with E-state index in [1.807, 2.05) is 0 Å². The van der Waals surface area contributed by atoms with Crippen LogP contribution in [-0.2, 0) is 19.0 Å². The maximum absolute atomic E-state index is 12.5. The molecule has 1 fully saturated rings. The van der Waals surface area contributed by atoms with Crippen LogP contribution in [0, 0.1) is 0 Å². The summed E-state index contributed by atoms with van der Waals surface area (Å²) in [5.74, 6) is -0.0961. The van der Waals surface area contributed by atoms with Crippen LogP contribution in [0.15, 0.2) is 24.3 Å². The van der Waals surface area contributed by atoms with Crippen LogP contribution in [0.25, 0.3) is 0 Å². The van der Waals surface area contributed by atoms with Crippen LogP contribution in [0.1, 0.15) is 226 Å². The van der Waals surface area contributed by atoms with Gasteiger partial charge in [0.1, 0.15) is 12.7 Å². The third-order valence-electron chi connectivity index (χ3n) is 10.8. The molecule has 5 heteroatoms. The second-order valence-corrected chi connectivity index (χ2v) is 16.1. The first kappa shape index (κ1) is 49.8. The van der Waals surface area contributed by atoms with E-state index >= 15 is 0 Å². The number of unbranched alkanes of at least 4 members (excludes halogenated alkanes) is 24. The Hall–Kier alpha value is -1.17. The molecule has 53 heavy (non-hydrogen) atoms. The third-order valence-corrected chi connectivity index (χ3v) is 10.8. The zero-order valence-electron chi connectivity index (χ0n) is 35.8. The molecule has 0 saturated carbocycles. The second kappa shape index (κ2) is 42.0. The van der Waals surface area contributed by atoms with Gasteiger partial charge in [-0.15, -0.1) is 0 Å². The normalized spacial score (nSPS) is 14.5. The van der Waals surface area contributed by atoms with Gasteiger partial charge in [-0.1, -0.05) is 160 Å². The lowest BCUT2D eigenvalue weighted by molar-refractivity contribution is -0.150. The Kier molecular flexibility index (Phi) is 39.5. The van der Waals surface area contributed by atoms with Gasteiger partial charge in [-0.3, -0.25) is 4.79 Å². The molecule has 1 aliphatic heterocycles. The number of hydrogen-bond donors (Lipinski definition) is 0. The van der Waals surface area contributed by atoms with E-state index in [-0.39, 0.29) is 12.1 Å². The molecule has 0 radical (unpaired) electrons. The van der Waals surface area contributed by atoms with Gasteiger partial charge in [-0.25, -0.2) is 0 Å². The van der Waals surface area contributed by atoms with E-state index in [2.05, 4.69) is 43.1 Å². The number of ether oxygens (including phenoxy) is 3. The molecule has 0 spiro atoms. The summed E-state index contributed by atoms with van der Waals surface area (Å²) in [4.78, 5) is 15.0. The molecule has 1 saturated heterocycles. The SMILES string of the molecule is CCCCCCCC/C=C\CCCCCCCCOCC(COC(=O)CCCN1CCCCC1)OCCCCCCCC/C=C\CCCCCCCC. The average molecular weight is 746 g/mol. The Morgan fingerprint density at radius 1 is 0.509 bits per heavy atom. The van der Waals surface area contributed by atoms with Crippen LogP contribution in [0.3, 0.4) is 0 Å². The van der Waals surface area contributed by atoms with Gasteiger partial charge in [0.05, 0.1) is 6.61 Å². The molecule has 1 rings (SSSR count). The first-order chi connectivity index (χ1) is 26.3. The number of piperidine rings is 1. The van der Waals surface area contributed by atoms with Gasteiger partial charge in [0.2, 0.25) is 0 Å². The van der Waals surface area contributed by atoms with E-state index in [0.29, 0.717) is 19.6 Å². The molecule has 5 nitrogen and oxygen atoms in total. The quantitative estimate of drug-likeness (QED) is 0.0354. The number of likely N-dealkylation sites (tertiary alicyclic amines) is 1. The lowest BCUT2D eigenvalue weighted by Gasteiger charge is -2.26. The zero-order chi connectivity index (χ0) is 38.0. The van der Waals surface area contributed by atoms with Crippen LogP contribution in [-0.4, -0.2) is 63.0 Å². The van der Waals surface area contributed by atoms with Crippen molar-refractivity contribution in [3.8, 4) is 0 Å². The highest BCUT2D eigenvalue weighted by Gasteiger charge is 2.15. The monoisotopic (exact) mass is 746 g/mol. The molecule has 0 aromatic carbocycles. The summed E-state index contributed by atoms with van der Waals surface area (Å²) in [5.41, 5.74) is 0. The summed E-state index contributed by atoms with van der Waals surface area (Å²) < 4.78 is 18.0.